The zero-order valence-corrected chi connectivity index (χ0v) is 16.7. The quantitative estimate of drug-likeness (QED) is 0.829. The number of carbonyl (C=O) groups excluding carboxylic acids is 1. The van der Waals surface area contributed by atoms with Gasteiger partial charge in [0, 0.05) is 25.2 Å². The summed E-state index contributed by atoms with van der Waals surface area (Å²) in [5.41, 5.74) is 4.15. The van der Waals surface area contributed by atoms with Crippen molar-refractivity contribution < 1.29 is 9.53 Å². The third-order valence-electron chi connectivity index (χ3n) is 6.16. The van der Waals surface area contributed by atoms with E-state index in [0.29, 0.717) is 6.04 Å². The van der Waals surface area contributed by atoms with Crippen molar-refractivity contribution in [3.8, 4) is 5.75 Å². The molecule has 2 aromatic carbocycles. The predicted octanol–water partition coefficient (Wildman–Crippen LogP) is 3.90. The summed E-state index contributed by atoms with van der Waals surface area (Å²) in [6, 6.07) is 17.5. The van der Waals surface area contributed by atoms with Gasteiger partial charge in [-0.3, -0.25) is 9.69 Å². The van der Waals surface area contributed by atoms with E-state index in [2.05, 4.69) is 59.6 Å². The van der Waals surface area contributed by atoms with Gasteiger partial charge < -0.3 is 10.1 Å². The molecule has 148 valence electrons. The van der Waals surface area contributed by atoms with Gasteiger partial charge >= 0.3 is 0 Å². The van der Waals surface area contributed by atoms with Crippen molar-refractivity contribution in [2.24, 2.45) is 0 Å². The van der Waals surface area contributed by atoms with Gasteiger partial charge in [-0.1, -0.05) is 36.4 Å². The topological polar surface area (TPSA) is 41.6 Å². The van der Waals surface area contributed by atoms with E-state index >= 15 is 0 Å². The molecular formula is C24H30N2O2. The van der Waals surface area contributed by atoms with E-state index in [9.17, 15) is 4.79 Å². The molecule has 2 aliphatic rings. The second-order valence-corrected chi connectivity index (χ2v) is 8.04. The number of benzene rings is 2. The highest BCUT2D eigenvalue weighted by molar-refractivity contribution is 5.77. The standard InChI is InChI=1S/C24H30N2O2/c1-18(19-6-3-2-4-7-19)26-14-12-22(13-15-26)25-24(27)17-28-23-11-10-20-8-5-9-21(20)16-23/h2-4,6-7,10-11,16,18,22H,5,8-9,12-15,17H2,1H3,(H,25,27). The SMILES string of the molecule is CC(c1ccccc1)N1CCC(NC(=O)COc2ccc3c(c2)CCC3)CC1. The lowest BCUT2D eigenvalue weighted by molar-refractivity contribution is -0.124. The number of fused-ring (bicyclic) bond motifs is 1. The Labute approximate surface area is 167 Å². The first-order valence-electron chi connectivity index (χ1n) is 10.5. The lowest BCUT2D eigenvalue weighted by atomic mass is 10.00. The molecule has 2 aromatic rings. The van der Waals surface area contributed by atoms with Crippen LogP contribution in [0.2, 0.25) is 0 Å². The van der Waals surface area contributed by atoms with Crippen LogP contribution in [-0.4, -0.2) is 36.5 Å². The van der Waals surface area contributed by atoms with Crippen LogP contribution in [0.5, 0.6) is 5.75 Å². The van der Waals surface area contributed by atoms with Gasteiger partial charge in [0.25, 0.3) is 5.91 Å². The van der Waals surface area contributed by atoms with Crippen molar-refractivity contribution in [1.82, 2.24) is 10.2 Å². The van der Waals surface area contributed by atoms with Crippen LogP contribution in [0, 0.1) is 0 Å². The summed E-state index contributed by atoms with van der Waals surface area (Å²) < 4.78 is 5.73. The molecule has 0 bridgehead atoms. The Kier molecular flexibility index (Phi) is 5.96. The predicted molar refractivity (Wildman–Crippen MR) is 112 cm³/mol. The van der Waals surface area contributed by atoms with Gasteiger partial charge in [0.2, 0.25) is 0 Å². The van der Waals surface area contributed by atoms with Crippen molar-refractivity contribution >= 4 is 5.91 Å². The van der Waals surface area contributed by atoms with Crippen molar-refractivity contribution in [2.45, 2.75) is 51.1 Å². The largest absolute Gasteiger partial charge is 0.484 e. The summed E-state index contributed by atoms with van der Waals surface area (Å²) in [5.74, 6) is 0.789. The number of nitrogens with one attached hydrogen (secondary N) is 1. The smallest absolute Gasteiger partial charge is 0.258 e. The molecule has 1 N–H and O–H groups in total. The number of hydrogen-bond acceptors (Lipinski definition) is 3. The van der Waals surface area contributed by atoms with Crippen molar-refractivity contribution in [3.05, 3.63) is 65.2 Å². The Morgan fingerprint density at radius 2 is 1.86 bits per heavy atom. The Balaban J connectivity index is 1.21. The number of nitrogens with zero attached hydrogens (tertiary/aromatic N) is 1. The number of likely N-dealkylation sites (tertiary alicyclic amines) is 1. The van der Waals surface area contributed by atoms with Crippen LogP contribution in [0.1, 0.15) is 48.9 Å². The summed E-state index contributed by atoms with van der Waals surface area (Å²) in [6.45, 7) is 4.37. The lowest BCUT2D eigenvalue weighted by Gasteiger charge is -2.36. The van der Waals surface area contributed by atoms with Crippen LogP contribution in [0.3, 0.4) is 0 Å². The number of aryl methyl sites for hydroxylation is 2. The summed E-state index contributed by atoms with van der Waals surface area (Å²) in [5, 5.41) is 3.15. The first-order chi connectivity index (χ1) is 13.7. The zero-order valence-electron chi connectivity index (χ0n) is 16.7. The highest BCUT2D eigenvalue weighted by atomic mass is 16.5. The number of piperidine rings is 1. The molecule has 0 aromatic heterocycles. The number of rotatable bonds is 6. The Bertz CT molecular complexity index is 798. The highest BCUT2D eigenvalue weighted by Gasteiger charge is 2.24. The number of hydrogen-bond donors (Lipinski definition) is 1. The third kappa shape index (κ3) is 4.56. The third-order valence-corrected chi connectivity index (χ3v) is 6.16. The molecule has 4 heteroatoms. The summed E-state index contributed by atoms with van der Waals surface area (Å²) in [7, 11) is 0. The molecule has 1 unspecified atom stereocenters. The Morgan fingerprint density at radius 1 is 1.11 bits per heavy atom. The molecule has 4 nitrogen and oxygen atoms in total. The molecule has 1 fully saturated rings. The molecule has 4 rings (SSSR count). The number of amides is 1. The van der Waals surface area contributed by atoms with Crippen molar-refractivity contribution in [2.75, 3.05) is 19.7 Å². The van der Waals surface area contributed by atoms with Crippen LogP contribution < -0.4 is 10.1 Å². The van der Waals surface area contributed by atoms with E-state index < -0.39 is 0 Å². The van der Waals surface area contributed by atoms with Crippen molar-refractivity contribution in [1.29, 1.82) is 0 Å². The van der Waals surface area contributed by atoms with Crippen LogP contribution in [0.4, 0.5) is 0 Å². The molecule has 1 atom stereocenters. The molecule has 1 saturated heterocycles. The molecule has 1 aliphatic heterocycles. The normalized spacial score (nSPS) is 18.5. The number of ether oxygens (including phenoxy) is 1. The van der Waals surface area contributed by atoms with E-state index in [1.165, 1.54) is 23.1 Å². The summed E-state index contributed by atoms with van der Waals surface area (Å²) in [4.78, 5) is 14.8. The van der Waals surface area contributed by atoms with E-state index in [0.717, 1.165) is 44.5 Å². The van der Waals surface area contributed by atoms with Gasteiger partial charge in [-0.05, 0) is 67.9 Å². The monoisotopic (exact) mass is 378 g/mol. The van der Waals surface area contributed by atoms with Gasteiger partial charge in [-0.25, -0.2) is 0 Å². The second-order valence-electron chi connectivity index (χ2n) is 8.04. The molecule has 1 amide bonds. The summed E-state index contributed by atoms with van der Waals surface area (Å²) in [6.07, 6.45) is 5.49. The second kappa shape index (κ2) is 8.78. The minimum absolute atomic E-state index is 0.0185. The van der Waals surface area contributed by atoms with Gasteiger partial charge in [-0.2, -0.15) is 0 Å². The maximum Gasteiger partial charge on any atom is 0.258 e. The minimum Gasteiger partial charge on any atom is -0.484 e. The van der Waals surface area contributed by atoms with E-state index in [-0.39, 0.29) is 18.6 Å². The Hall–Kier alpha value is -2.33. The zero-order chi connectivity index (χ0) is 19.3. The van der Waals surface area contributed by atoms with Gasteiger partial charge in [0.1, 0.15) is 5.75 Å². The van der Waals surface area contributed by atoms with Crippen LogP contribution >= 0.6 is 0 Å². The first-order valence-corrected chi connectivity index (χ1v) is 10.5. The molecule has 0 saturated carbocycles. The average molecular weight is 379 g/mol. The first kappa shape index (κ1) is 19.0. The van der Waals surface area contributed by atoms with Gasteiger partial charge in [-0.15, -0.1) is 0 Å². The number of carbonyl (C=O) groups is 1. The van der Waals surface area contributed by atoms with Crippen LogP contribution in [0.25, 0.3) is 0 Å². The van der Waals surface area contributed by atoms with E-state index in [1.54, 1.807) is 0 Å². The molecule has 1 heterocycles. The van der Waals surface area contributed by atoms with Gasteiger partial charge in [0.15, 0.2) is 6.61 Å². The fourth-order valence-electron chi connectivity index (χ4n) is 4.43. The minimum atomic E-state index is -0.0185. The van der Waals surface area contributed by atoms with Crippen LogP contribution in [-0.2, 0) is 17.6 Å². The van der Waals surface area contributed by atoms with Crippen LogP contribution in [0.15, 0.2) is 48.5 Å². The molecule has 28 heavy (non-hydrogen) atoms. The van der Waals surface area contributed by atoms with E-state index in [4.69, 9.17) is 4.74 Å². The molecule has 1 aliphatic carbocycles. The maximum absolute atomic E-state index is 12.3. The average Bonchev–Trinajstić information content (AvgIpc) is 3.21. The highest BCUT2D eigenvalue weighted by Crippen LogP contribution is 2.26. The fourth-order valence-corrected chi connectivity index (χ4v) is 4.43. The summed E-state index contributed by atoms with van der Waals surface area (Å²) >= 11 is 0. The Morgan fingerprint density at radius 3 is 2.64 bits per heavy atom. The van der Waals surface area contributed by atoms with Crippen molar-refractivity contribution in [3.63, 3.8) is 0 Å². The molecule has 0 spiro atoms. The molecule has 0 radical (unpaired) electrons. The van der Waals surface area contributed by atoms with E-state index in [1.807, 2.05) is 6.07 Å². The fraction of sp³-hybridized carbons (Fsp3) is 0.458. The molecular weight excluding hydrogens is 348 g/mol. The maximum atomic E-state index is 12.3. The lowest BCUT2D eigenvalue weighted by Crippen LogP contribution is -2.46. The van der Waals surface area contributed by atoms with Gasteiger partial charge in [0.05, 0.1) is 0 Å².